The Morgan fingerprint density at radius 2 is 1.89 bits per heavy atom. The number of H-pyrrole nitrogens is 1. The average molecular weight is 525 g/mol. The molecule has 0 aliphatic heterocycles. The lowest BCUT2D eigenvalue weighted by Crippen LogP contribution is -2.39. The summed E-state index contributed by atoms with van der Waals surface area (Å²) in [7, 11) is -3.89. The quantitative estimate of drug-likeness (QED) is 0.315. The fourth-order valence-electron chi connectivity index (χ4n) is 4.86. The molecule has 3 heterocycles. The first kappa shape index (κ1) is 24.8. The topological polar surface area (TPSA) is 148 Å². The molecule has 3 N–H and O–H groups in total. The summed E-state index contributed by atoms with van der Waals surface area (Å²) in [5, 5.41) is 6.25. The summed E-state index contributed by atoms with van der Waals surface area (Å²) < 4.78 is 34.4. The molecule has 11 nitrogen and oxygen atoms in total. The lowest BCUT2D eigenvalue weighted by molar-refractivity contribution is -0.119. The number of pyridine rings is 1. The molecule has 1 aliphatic carbocycles. The molecule has 3 aromatic heterocycles. The van der Waals surface area contributed by atoms with E-state index in [1.54, 1.807) is 42.7 Å². The van der Waals surface area contributed by atoms with Crippen molar-refractivity contribution in [2.75, 3.05) is 13.2 Å². The van der Waals surface area contributed by atoms with Crippen molar-refractivity contribution >= 4 is 43.9 Å². The summed E-state index contributed by atoms with van der Waals surface area (Å²) in [6.07, 6.45) is 5.43. The molecule has 0 spiro atoms. The Morgan fingerprint density at radius 1 is 1.14 bits per heavy atom. The number of amides is 2. The average Bonchev–Trinajstić information content (AvgIpc) is 3.52. The Bertz CT molecular complexity index is 1540. The molecule has 0 radical (unpaired) electrons. The number of nitrogens with zero attached hydrogens (tertiary/aromatic N) is 3. The van der Waals surface area contributed by atoms with Gasteiger partial charge in [-0.05, 0) is 43.9 Å². The second-order valence-electron chi connectivity index (χ2n) is 9.08. The van der Waals surface area contributed by atoms with Crippen LogP contribution in [0.25, 0.3) is 22.1 Å². The van der Waals surface area contributed by atoms with E-state index in [-0.39, 0.29) is 41.2 Å². The number of nitrogens with one attached hydrogen (secondary N) is 3. The number of aromatic nitrogens is 4. The molecule has 0 bridgehead atoms. The van der Waals surface area contributed by atoms with Crippen LogP contribution >= 0.6 is 0 Å². The largest absolute Gasteiger partial charge is 0.448 e. The van der Waals surface area contributed by atoms with Crippen molar-refractivity contribution in [3.05, 3.63) is 48.8 Å². The van der Waals surface area contributed by atoms with Crippen LogP contribution in [0.1, 0.15) is 38.6 Å². The SMILES string of the molecule is CC(=O)NCCOC(=O)NC1CCC(n2c(S(=O)(=O)c3ccccc3)nc3cnc4[nH]ccc4c32)CC1. The molecule has 1 saturated carbocycles. The molecule has 194 valence electrons. The Labute approximate surface area is 213 Å². The Kier molecular flexibility index (Phi) is 6.83. The smallest absolute Gasteiger partial charge is 0.407 e. The van der Waals surface area contributed by atoms with Crippen molar-refractivity contribution in [2.45, 2.75) is 54.7 Å². The second kappa shape index (κ2) is 10.2. The van der Waals surface area contributed by atoms with Crippen LogP contribution in [0, 0.1) is 0 Å². The Hall–Kier alpha value is -3.93. The van der Waals surface area contributed by atoms with Gasteiger partial charge in [0, 0.05) is 30.6 Å². The number of aromatic amines is 1. The fraction of sp³-hybridized carbons (Fsp3) is 0.360. The van der Waals surface area contributed by atoms with E-state index >= 15 is 0 Å². The van der Waals surface area contributed by atoms with Gasteiger partial charge >= 0.3 is 6.09 Å². The van der Waals surface area contributed by atoms with Crippen LogP contribution in [0.3, 0.4) is 0 Å². The predicted octanol–water partition coefficient (Wildman–Crippen LogP) is 3.09. The number of fused-ring (bicyclic) bond motifs is 3. The van der Waals surface area contributed by atoms with Crippen LogP contribution in [0.15, 0.2) is 58.8 Å². The van der Waals surface area contributed by atoms with Crippen LogP contribution < -0.4 is 10.6 Å². The number of hydrogen-bond donors (Lipinski definition) is 3. The fourth-order valence-corrected chi connectivity index (χ4v) is 6.31. The first-order chi connectivity index (χ1) is 17.8. The minimum absolute atomic E-state index is 0.00186. The van der Waals surface area contributed by atoms with E-state index in [1.165, 1.54) is 6.92 Å². The highest BCUT2D eigenvalue weighted by molar-refractivity contribution is 7.91. The minimum Gasteiger partial charge on any atom is -0.448 e. The van der Waals surface area contributed by atoms with Crippen LogP contribution in [-0.2, 0) is 19.4 Å². The summed E-state index contributed by atoms with van der Waals surface area (Å²) in [6.45, 7) is 1.74. The monoisotopic (exact) mass is 524 g/mol. The van der Waals surface area contributed by atoms with Crippen molar-refractivity contribution in [2.24, 2.45) is 0 Å². The van der Waals surface area contributed by atoms with Crippen molar-refractivity contribution in [3.63, 3.8) is 0 Å². The number of carbonyl (C=O) groups excluding carboxylic acids is 2. The molecule has 1 fully saturated rings. The van der Waals surface area contributed by atoms with Gasteiger partial charge in [0.1, 0.15) is 17.8 Å². The van der Waals surface area contributed by atoms with E-state index in [0.717, 1.165) is 10.9 Å². The number of carbonyl (C=O) groups is 2. The van der Waals surface area contributed by atoms with Crippen LogP contribution in [0.5, 0.6) is 0 Å². The van der Waals surface area contributed by atoms with Crippen LogP contribution in [0.2, 0.25) is 0 Å². The van der Waals surface area contributed by atoms with E-state index < -0.39 is 15.9 Å². The highest BCUT2D eigenvalue weighted by atomic mass is 32.2. The molecule has 0 saturated heterocycles. The predicted molar refractivity (Wildman–Crippen MR) is 136 cm³/mol. The van der Waals surface area contributed by atoms with E-state index in [4.69, 9.17) is 4.74 Å². The van der Waals surface area contributed by atoms with Gasteiger partial charge in [-0.1, -0.05) is 18.2 Å². The summed E-state index contributed by atoms with van der Waals surface area (Å²) >= 11 is 0. The van der Waals surface area contributed by atoms with Crippen LogP contribution in [0.4, 0.5) is 4.79 Å². The Balaban J connectivity index is 1.40. The molecule has 0 atom stereocenters. The highest BCUT2D eigenvalue weighted by Crippen LogP contribution is 2.37. The zero-order valence-electron chi connectivity index (χ0n) is 20.3. The minimum atomic E-state index is -3.89. The van der Waals surface area contributed by atoms with Crippen LogP contribution in [-0.4, -0.2) is 59.1 Å². The van der Waals surface area contributed by atoms with Gasteiger partial charge in [0.2, 0.25) is 20.9 Å². The molecule has 5 rings (SSSR count). The zero-order valence-corrected chi connectivity index (χ0v) is 21.1. The number of rotatable bonds is 7. The van der Waals surface area contributed by atoms with Crippen molar-refractivity contribution in [1.29, 1.82) is 0 Å². The van der Waals surface area contributed by atoms with Gasteiger partial charge in [0.25, 0.3) is 0 Å². The maximum Gasteiger partial charge on any atom is 0.407 e. The summed E-state index contributed by atoms with van der Waals surface area (Å²) in [5.74, 6) is -0.185. The molecule has 2 amide bonds. The Morgan fingerprint density at radius 3 is 2.62 bits per heavy atom. The number of imidazole rings is 1. The highest BCUT2D eigenvalue weighted by Gasteiger charge is 2.33. The number of alkyl carbamates (subject to hydrolysis) is 1. The third-order valence-corrected chi connectivity index (χ3v) is 8.25. The number of ether oxygens (including phenoxy) is 1. The normalized spacial score (nSPS) is 18.1. The molecule has 37 heavy (non-hydrogen) atoms. The number of hydrogen-bond acceptors (Lipinski definition) is 7. The van der Waals surface area contributed by atoms with Gasteiger partial charge in [-0.25, -0.2) is 23.2 Å². The number of benzene rings is 1. The summed E-state index contributed by atoms with van der Waals surface area (Å²) in [5.41, 5.74) is 1.91. The maximum atomic E-state index is 13.7. The zero-order chi connectivity index (χ0) is 26.0. The molecule has 0 unspecified atom stereocenters. The molecule has 12 heteroatoms. The van der Waals surface area contributed by atoms with Crippen molar-refractivity contribution < 1.29 is 22.7 Å². The van der Waals surface area contributed by atoms with E-state index in [9.17, 15) is 18.0 Å². The van der Waals surface area contributed by atoms with Crippen molar-refractivity contribution in [3.8, 4) is 0 Å². The molecule has 4 aromatic rings. The number of sulfone groups is 1. The summed E-state index contributed by atoms with van der Waals surface area (Å²) in [6, 6.07) is 9.95. The molecular weight excluding hydrogens is 496 g/mol. The lowest BCUT2D eigenvalue weighted by Gasteiger charge is -2.31. The maximum absolute atomic E-state index is 13.7. The molecule has 1 aliphatic rings. The lowest BCUT2D eigenvalue weighted by atomic mass is 9.91. The van der Waals surface area contributed by atoms with Gasteiger partial charge in [-0.3, -0.25) is 4.79 Å². The summed E-state index contributed by atoms with van der Waals surface area (Å²) in [4.78, 5) is 35.3. The van der Waals surface area contributed by atoms with Gasteiger partial charge in [0.15, 0.2) is 0 Å². The first-order valence-corrected chi connectivity index (χ1v) is 13.6. The third-order valence-electron chi connectivity index (χ3n) is 6.59. The van der Waals surface area contributed by atoms with Gasteiger partial charge in [-0.2, -0.15) is 0 Å². The van der Waals surface area contributed by atoms with Gasteiger partial charge in [0.05, 0.1) is 23.2 Å². The molecule has 1 aromatic carbocycles. The molecular formula is C25H28N6O5S. The van der Waals surface area contributed by atoms with E-state index in [1.807, 2.05) is 10.6 Å². The van der Waals surface area contributed by atoms with Gasteiger partial charge in [-0.15, -0.1) is 0 Å². The second-order valence-corrected chi connectivity index (χ2v) is 10.9. The van der Waals surface area contributed by atoms with Crippen molar-refractivity contribution in [1.82, 2.24) is 30.2 Å². The third kappa shape index (κ3) is 5.01. The van der Waals surface area contributed by atoms with E-state index in [2.05, 4.69) is 25.6 Å². The standard InChI is InChI=1S/C25H28N6O5S/c1-16(32)26-13-14-36-25(33)29-17-7-9-18(10-8-17)31-22-20-11-12-27-23(20)28-15-21(22)30-24(31)37(34,35)19-5-3-2-4-6-19/h2-6,11-12,15,17-18H,7-10,13-14H2,1H3,(H,26,32)(H,27,28)(H,29,33). The van der Waals surface area contributed by atoms with Gasteiger partial charge < -0.3 is 24.9 Å². The van der Waals surface area contributed by atoms with E-state index in [0.29, 0.717) is 36.8 Å². The first-order valence-electron chi connectivity index (χ1n) is 12.2.